The molecule has 1 heterocycles. The Morgan fingerprint density at radius 3 is 1.93 bits per heavy atom. The molecule has 1 aromatic heterocycles. The van der Waals surface area contributed by atoms with E-state index < -0.39 is 0 Å². The quantitative estimate of drug-likeness (QED) is 0.630. The molecule has 6 nitrogen and oxygen atoms in total. The van der Waals surface area contributed by atoms with Crippen LogP contribution in [0, 0.1) is 0 Å². The van der Waals surface area contributed by atoms with Gasteiger partial charge in [-0.25, -0.2) is 4.98 Å². The Bertz CT molecular complexity index is 955. The van der Waals surface area contributed by atoms with E-state index in [1.54, 1.807) is 35.5 Å². The van der Waals surface area contributed by atoms with E-state index in [0.29, 0.717) is 35.3 Å². The van der Waals surface area contributed by atoms with Crippen LogP contribution in [0.1, 0.15) is 11.3 Å². The van der Waals surface area contributed by atoms with Gasteiger partial charge in [0.05, 0.1) is 41.2 Å². The molecule has 3 rings (SSSR count). The van der Waals surface area contributed by atoms with Crippen LogP contribution in [0.3, 0.4) is 0 Å². The number of methoxy groups -OCH3 is 5. The van der Waals surface area contributed by atoms with Crippen LogP contribution in [0.4, 0.5) is 0 Å². The molecule has 0 atom stereocenters. The molecule has 0 saturated carbocycles. The Morgan fingerprint density at radius 2 is 1.30 bits per heavy atom. The van der Waals surface area contributed by atoms with E-state index in [9.17, 15) is 0 Å². The van der Waals surface area contributed by atoms with Gasteiger partial charge in [0.25, 0.3) is 0 Å². The third-order valence-electron chi connectivity index (χ3n) is 4.42. The smallest absolute Gasteiger partial charge is 0.213 e. The van der Waals surface area contributed by atoms with E-state index in [0.717, 1.165) is 22.0 Å². The number of pyridine rings is 1. The number of hydrogen-bond donors (Lipinski definition) is 0. The topological polar surface area (TPSA) is 59.0 Å². The lowest BCUT2D eigenvalue weighted by Crippen LogP contribution is -2.00. The fraction of sp³-hybridized carbons (Fsp3) is 0.286. The van der Waals surface area contributed by atoms with Crippen LogP contribution < -0.4 is 23.7 Å². The van der Waals surface area contributed by atoms with Gasteiger partial charge in [-0.1, -0.05) is 6.07 Å². The van der Waals surface area contributed by atoms with Gasteiger partial charge in [-0.05, 0) is 35.2 Å². The van der Waals surface area contributed by atoms with E-state index in [1.807, 2.05) is 36.4 Å². The molecule has 0 aliphatic rings. The maximum atomic E-state index is 5.45. The Labute approximate surface area is 158 Å². The molecule has 0 N–H and O–H groups in total. The lowest BCUT2D eigenvalue weighted by molar-refractivity contribution is 0.354. The van der Waals surface area contributed by atoms with Crippen molar-refractivity contribution in [3.05, 3.63) is 47.7 Å². The highest BCUT2D eigenvalue weighted by Gasteiger charge is 2.14. The van der Waals surface area contributed by atoms with E-state index in [2.05, 4.69) is 4.98 Å². The van der Waals surface area contributed by atoms with Crippen molar-refractivity contribution in [3.63, 3.8) is 0 Å². The summed E-state index contributed by atoms with van der Waals surface area (Å²) in [5, 5.41) is 1.94. The third kappa shape index (κ3) is 3.69. The Kier molecular flexibility index (Phi) is 5.54. The summed E-state index contributed by atoms with van der Waals surface area (Å²) in [6.45, 7) is 0. The number of aromatic nitrogens is 1. The summed E-state index contributed by atoms with van der Waals surface area (Å²) in [6, 6.07) is 11.6. The van der Waals surface area contributed by atoms with E-state index >= 15 is 0 Å². The second kappa shape index (κ2) is 8.03. The van der Waals surface area contributed by atoms with Gasteiger partial charge in [-0.3, -0.25) is 0 Å². The highest BCUT2D eigenvalue weighted by Crippen LogP contribution is 2.36. The van der Waals surface area contributed by atoms with E-state index in [1.165, 1.54) is 0 Å². The van der Waals surface area contributed by atoms with Gasteiger partial charge >= 0.3 is 0 Å². The fourth-order valence-electron chi connectivity index (χ4n) is 3.05. The predicted molar refractivity (Wildman–Crippen MR) is 104 cm³/mol. The van der Waals surface area contributed by atoms with Crippen molar-refractivity contribution >= 4 is 10.8 Å². The molecule has 3 aromatic rings. The first-order valence-corrected chi connectivity index (χ1v) is 8.44. The Balaban J connectivity index is 2.12. The molecule has 0 bridgehead atoms. The summed E-state index contributed by atoms with van der Waals surface area (Å²) >= 11 is 0. The van der Waals surface area contributed by atoms with Crippen molar-refractivity contribution in [2.45, 2.75) is 6.42 Å². The zero-order valence-electron chi connectivity index (χ0n) is 16.2. The second-order valence-electron chi connectivity index (χ2n) is 5.91. The van der Waals surface area contributed by atoms with Crippen LogP contribution in [0.15, 0.2) is 36.4 Å². The van der Waals surface area contributed by atoms with Crippen LogP contribution in [0.5, 0.6) is 28.9 Å². The summed E-state index contributed by atoms with van der Waals surface area (Å²) in [5.74, 6) is 3.24. The zero-order valence-corrected chi connectivity index (χ0v) is 16.2. The maximum absolute atomic E-state index is 5.45. The number of benzene rings is 2. The lowest BCUT2D eigenvalue weighted by Gasteiger charge is -2.14. The molecule has 0 saturated heterocycles. The van der Waals surface area contributed by atoms with Crippen LogP contribution in [-0.4, -0.2) is 40.5 Å². The van der Waals surface area contributed by atoms with Crippen molar-refractivity contribution in [2.24, 2.45) is 0 Å². The molecular formula is C21H23NO5. The molecule has 0 aliphatic heterocycles. The molecule has 0 unspecified atom stereocenters. The molecule has 2 aromatic carbocycles. The van der Waals surface area contributed by atoms with Gasteiger partial charge in [0.2, 0.25) is 5.88 Å². The van der Waals surface area contributed by atoms with Crippen molar-refractivity contribution < 1.29 is 23.7 Å². The molecule has 6 heteroatoms. The summed E-state index contributed by atoms with van der Waals surface area (Å²) < 4.78 is 27.0. The first-order chi connectivity index (χ1) is 13.1. The van der Waals surface area contributed by atoms with Crippen molar-refractivity contribution in [2.75, 3.05) is 35.5 Å². The number of fused-ring (bicyclic) bond motifs is 1. The molecule has 0 radical (unpaired) electrons. The summed E-state index contributed by atoms with van der Waals surface area (Å²) in [5.41, 5.74) is 1.92. The number of hydrogen-bond acceptors (Lipinski definition) is 6. The molecule has 0 amide bonds. The molecule has 142 valence electrons. The van der Waals surface area contributed by atoms with Crippen molar-refractivity contribution in [3.8, 4) is 28.9 Å². The minimum Gasteiger partial charge on any atom is -0.493 e. The molecule has 0 aliphatic carbocycles. The van der Waals surface area contributed by atoms with Crippen LogP contribution in [0.2, 0.25) is 0 Å². The van der Waals surface area contributed by atoms with Gasteiger partial charge in [0, 0.05) is 17.9 Å². The van der Waals surface area contributed by atoms with Gasteiger partial charge in [-0.2, -0.15) is 0 Å². The van der Waals surface area contributed by atoms with Crippen molar-refractivity contribution in [1.82, 2.24) is 4.98 Å². The largest absolute Gasteiger partial charge is 0.493 e. The first-order valence-electron chi connectivity index (χ1n) is 8.44. The zero-order chi connectivity index (χ0) is 19.4. The maximum Gasteiger partial charge on any atom is 0.213 e. The average Bonchev–Trinajstić information content (AvgIpc) is 2.72. The monoisotopic (exact) mass is 369 g/mol. The molecule has 0 spiro atoms. The molecule has 27 heavy (non-hydrogen) atoms. The summed E-state index contributed by atoms with van der Waals surface area (Å²) in [6.07, 6.45) is 0.601. The number of ether oxygens (including phenoxy) is 5. The standard InChI is InChI=1S/C21H23NO5/c1-23-17-7-6-13(9-18(17)24-2)8-16-15-12-20(26-4)19(25-3)10-14(15)11-21(22-16)27-5/h6-7,9-12H,8H2,1-5H3. The Hall–Kier alpha value is -3.15. The average molecular weight is 369 g/mol. The fourth-order valence-corrected chi connectivity index (χ4v) is 3.05. The highest BCUT2D eigenvalue weighted by molar-refractivity contribution is 5.89. The van der Waals surface area contributed by atoms with Crippen LogP contribution in [0.25, 0.3) is 10.8 Å². The van der Waals surface area contributed by atoms with Crippen LogP contribution >= 0.6 is 0 Å². The normalized spacial score (nSPS) is 10.6. The van der Waals surface area contributed by atoms with Crippen molar-refractivity contribution in [1.29, 1.82) is 0 Å². The third-order valence-corrected chi connectivity index (χ3v) is 4.42. The summed E-state index contributed by atoms with van der Waals surface area (Å²) in [4.78, 5) is 4.65. The molecular weight excluding hydrogens is 346 g/mol. The second-order valence-corrected chi connectivity index (χ2v) is 5.91. The number of rotatable bonds is 7. The van der Waals surface area contributed by atoms with E-state index in [4.69, 9.17) is 23.7 Å². The molecule has 0 fully saturated rings. The highest BCUT2D eigenvalue weighted by atomic mass is 16.5. The number of nitrogens with zero attached hydrogens (tertiary/aromatic N) is 1. The minimum absolute atomic E-state index is 0.546. The van der Waals surface area contributed by atoms with Gasteiger partial charge in [0.1, 0.15) is 0 Å². The van der Waals surface area contributed by atoms with Crippen LogP contribution in [-0.2, 0) is 6.42 Å². The lowest BCUT2D eigenvalue weighted by atomic mass is 10.0. The minimum atomic E-state index is 0.546. The van der Waals surface area contributed by atoms with Gasteiger partial charge in [-0.15, -0.1) is 0 Å². The summed E-state index contributed by atoms with van der Waals surface area (Å²) in [7, 11) is 8.09. The van der Waals surface area contributed by atoms with E-state index in [-0.39, 0.29) is 0 Å². The Morgan fingerprint density at radius 1 is 0.667 bits per heavy atom. The van der Waals surface area contributed by atoms with Gasteiger partial charge in [0.15, 0.2) is 23.0 Å². The SMILES string of the molecule is COc1cc2cc(OC)c(OC)cc2c(Cc2ccc(OC)c(OC)c2)n1. The predicted octanol–water partition coefficient (Wildman–Crippen LogP) is 3.87. The van der Waals surface area contributed by atoms with Gasteiger partial charge < -0.3 is 23.7 Å². The first kappa shape index (κ1) is 18.6.